The lowest BCUT2D eigenvalue weighted by Gasteiger charge is -2.17. The van der Waals surface area contributed by atoms with Gasteiger partial charge >= 0.3 is 0 Å². The third-order valence-corrected chi connectivity index (χ3v) is 2.68. The molecule has 5 heteroatoms. The maximum Gasteiger partial charge on any atom is 0.122 e. The molecular weight excluding hydrogens is 284 g/mol. The van der Waals surface area contributed by atoms with E-state index >= 15 is 0 Å². The molecule has 0 amide bonds. The highest BCUT2D eigenvalue weighted by Crippen LogP contribution is 2.24. The Hall–Kier alpha value is -0.780. The fourth-order valence-corrected chi connectivity index (χ4v) is 1.98. The van der Waals surface area contributed by atoms with Crippen LogP contribution in [0.25, 0.3) is 0 Å². The van der Waals surface area contributed by atoms with Gasteiger partial charge in [-0.05, 0) is 26.2 Å². The number of anilines is 1. The Kier molecular flexibility index (Phi) is 5.74. The number of likely N-dealkylation sites (N-methyl/N-ethyl adjacent to an activating group) is 1. The van der Waals surface area contributed by atoms with Gasteiger partial charge < -0.3 is 20.1 Å². The van der Waals surface area contributed by atoms with Crippen LogP contribution in [0.4, 0.5) is 5.69 Å². The third-order valence-electron chi connectivity index (χ3n) is 2.22. The summed E-state index contributed by atoms with van der Waals surface area (Å²) in [6.45, 7) is 1.15. The first kappa shape index (κ1) is 14.3. The zero-order chi connectivity index (χ0) is 12.8. The number of benzene rings is 1. The number of hydrogen-bond acceptors (Lipinski definition) is 4. The van der Waals surface area contributed by atoms with Crippen LogP contribution in [0.1, 0.15) is 0 Å². The molecule has 96 valence electrons. The van der Waals surface area contributed by atoms with E-state index in [2.05, 4.69) is 21.2 Å². The van der Waals surface area contributed by atoms with E-state index in [1.54, 1.807) is 7.11 Å². The fourth-order valence-electron chi connectivity index (χ4n) is 1.50. The average Bonchev–Trinajstić information content (AvgIpc) is 2.24. The minimum absolute atomic E-state index is 0.394. The Labute approximate surface area is 111 Å². The first-order valence-corrected chi connectivity index (χ1v) is 6.22. The van der Waals surface area contributed by atoms with Gasteiger partial charge in [0, 0.05) is 29.3 Å². The molecule has 0 saturated carbocycles. The minimum atomic E-state index is -0.394. The van der Waals surface area contributed by atoms with E-state index in [9.17, 15) is 5.11 Å². The molecule has 1 aromatic rings. The van der Waals surface area contributed by atoms with Crippen molar-refractivity contribution in [3.05, 3.63) is 22.7 Å². The molecule has 0 heterocycles. The lowest BCUT2D eigenvalue weighted by atomic mass is 10.2. The van der Waals surface area contributed by atoms with Crippen LogP contribution in [0, 0.1) is 0 Å². The Morgan fingerprint density at radius 3 is 2.71 bits per heavy atom. The maximum atomic E-state index is 9.73. The second-order valence-electron chi connectivity index (χ2n) is 4.18. The molecular formula is C12H19BrN2O2. The van der Waals surface area contributed by atoms with E-state index in [4.69, 9.17) is 4.74 Å². The van der Waals surface area contributed by atoms with Crippen LogP contribution < -0.4 is 10.1 Å². The molecule has 0 aromatic heterocycles. The number of aliphatic hydroxyl groups is 1. The molecule has 17 heavy (non-hydrogen) atoms. The highest BCUT2D eigenvalue weighted by molar-refractivity contribution is 9.10. The van der Waals surface area contributed by atoms with Crippen LogP contribution in [-0.2, 0) is 0 Å². The smallest absolute Gasteiger partial charge is 0.122 e. The van der Waals surface area contributed by atoms with E-state index in [1.807, 2.05) is 37.2 Å². The van der Waals surface area contributed by atoms with Gasteiger partial charge in [0.25, 0.3) is 0 Å². The molecule has 0 aliphatic carbocycles. The van der Waals surface area contributed by atoms with Crippen molar-refractivity contribution in [2.45, 2.75) is 6.10 Å². The predicted molar refractivity (Wildman–Crippen MR) is 73.7 cm³/mol. The molecule has 0 spiro atoms. The molecule has 1 unspecified atom stereocenters. The highest BCUT2D eigenvalue weighted by Gasteiger charge is 2.06. The van der Waals surface area contributed by atoms with Crippen molar-refractivity contribution in [2.24, 2.45) is 0 Å². The molecule has 1 aromatic carbocycles. The number of hydrogen-bond donors (Lipinski definition) is 2. The lowest BCUT2D eigenvalue weighted by molar-refractivity contribution is 0.148. The van der Waals surface area contributed by atoms with E-state index < -0.39 is 6.10 Å². The van der Waals surface area contributed by atoms with Crippen LogP contribution in [0.15, 0.2) is 22.7 Å². The summed E-state index contributed by atoms with van der Waals surface area (Å²) in [5.74, 6) is 0.781. The number of ether oxygens (including phenoxy) is 1. The molecule has 0 radical (unpaired) electrons. The van der Waals surface area contributed by atoms with E-state index in [-0.39, 0.29) is 0 Å². The second-order valence-corrected chi connectivity index (χ2v) is 5.09. The summed E-state index contributed by atoms with van der Waals surface area (Å²) in [6, 6.07) is 5.74. The lowest BCUT2D eigenvalue weighted by Crippen LogP contribution is -2.31. The SMILES string of the molecule is COc1cc(Br)cc(NCC(O)CN(C)C)c1. The zero-order valence-electron chi connectivity index (χ0n) is 10.4. The number of aliphatic hydroxyl groups excluding tert-OH is 1. The fraction of sp³-hybridized carbons (Fsp3) is 0.500. The van der Waals surface area contributed by atoms with Crippen molar-refractivity contribution in [3.8, 4) is 5.75 Å². The number of methoxy groups -OCH3 is 1. The number of rotatable bonds is 6. The predicted octanol–water partition coefficient (Wildman–Crippen LogP) is 1.79. The Balaban J connectivity index is 2.54. The van der Waals surface area contributed by atoms with Gasteiger partial charge in [0.1, 0.15) is 5.75 Å². The van der Waals surface area contributed by atoms with Gasteiger partial charge in [-0.1, -0.05) is 15.9 Å². The summed E-state index contributed by atoms with van der Waals surface area (Å²) in [5, 5.41) is 12.9. The first-order chi connectivity index (χ1) is 8.01. The van der Waals surface area contributed by atoms with Gasteiger partial charge in [-0.25, -0.2) is 0 Å². The topological polar surface area (TPSA) is 44.7 Å². The molecule has 1 atom stereocenters. The molecule has 1 rings (SSSR count). The summed E-state index contributed by atoms with van der Waals surface area (Å²) in [6.07, 6.45) is -0.394. The molecule has 0 saturated heterocycles. The van der Waals surface area contributed by atoms with Gasteiger partial charge in [-0.3, -0.25) is 0 Å². The summed E-state index contributed by atoms with van der Waals surface area (Å²) in [7, 11) is 5.50. The molecule has 2 N–H and O–H groups in total. The summed E-state index contributed by atoms with van der Waals surface area (Å²) in [5.41, 5.74) is 0.925. The Morgan fingerprint density at radius 1 is 1.41 bits per heavy atom. The van der Waals surface area contributed by atoms with Gasteiger partial charge in [-0.15, -0.1) is 0 Å². The maximum absolute atomic E-state index is 9.73. The first-order valence-electron chi connectivity index (χ1n) is 5.42. The van der Waals surface area contributed by atoms with Crippen molar-refractivity contribution in [1.29, 1.82) is 0 Å². The second kappa shape index (κ2) is 6.83. The number of halogens is 1. The standard InChI is InChI=1S/C12H19BrN2O2/c1-15(2)8-11(16)7-14-10-4-9(13)5-12(6-10)17-3/h4-6,11,14,16H,7-8H2,1-3H3. The van der Waals surface area contributed by atoms with Gasteiger partial charge in [0.15, 0.2) is 0 Å². The van der Waals surface area contributed by atoms with E-state index in [0.29, 0.717) is 13.1 Å². The molecule has 0 bridgehead atoms. The Bertz CT molecular complexity index is 358. The van der Waals surface area contributed by atoms with Crippen molar-refractivity contribution in [3.63, 3.8) is 0 Å². The average molecular weight is 303 g/mol. The summed E-state index contributed by atoms with van der Waals surface area (Å²) in [4.78, 5) is 1.95. The molecule has 4 nitrogen and oxygen atoms in total. The summed E-state index contributed by atoms with van der Waals surface area (Å²) < 4.78 is 6.11. The van der Waals surface area contributed by atoms with Crippen LogP contribution in [-0.4, -0.2) is 50.4 Å². The largest absolute Gasteiger partial charge is 0.497 e. The van der Waals surface area contributed by atoms with Gasteiger partial charge in [-0.2, -0.15) is 0 Å². The third kappa shape index (κ3) is 5.39. The number of nitrogens with zero attached hydrogens (tertiary/aromatic N) is 1. The monoisotopic (exact) mass is 302 g/mol. The van der Waals surface area contributed by atoms with Crippen LogP contribution in [0.5, 0.6) is 5.75 Å². The van der Waals surface area contributed by atoms with Gasteiger partial charge in [0.05, 0.1) is 13.2 Å². The quantitative estimate of drug-likeness (QED) is 0.841. The molecule has 0 aliphatic rings. The van der Waals surface area contributed by atoms with E-state index in [0.717, 1.165) is 15.9 Å². The van der Waals surface area contributed by atoms with Crippen molar-refractivity contribution in [2.75, 3.05) is 39.6 Å². The van der Waals surface area contributed by atoms with E-state index in [1.165, 1.54) is 0 Å². The highest BCUT2D eigenvalue weighted by atomic mass is 79.9. The van der Waals surface area contributed by atoms with Crippen LogP contribution >= 0.6 is 15.9 Å². The zero-order valence-corrected chi connectivity index (χ0v) is 12.0. The van der Waals surface area contributed by atoms with Crippen LogP contribution in [0.2, 0.25) is 0 Å². The van der Waals surface area contributed by atoms with Gasteiger partial charge in [0.2, 0.25) is 0 Å². The Morgan fingerprint density at radius 2 is 2.12 bits per heavy atom. The van der Waals surface area contributed by atoms with Crippen LogP contribution in [0.3, 0.4) is 0 Å². The van der Waals surface area contributed by atoms with Crippen molar-refractivity contribution in [1.82, 2.24) is 4.90 Å². The minimum Gasteiger partial charge on any atom is -0.497 e. The van der Waals surface area contributed by atoms with Crippen molar-refractivity contribution >= 4 is 21.6 Å². The van der Waals surface area contributed by atoms with Crippen molar-refractivity contribution < 1.29 is 9.84 Å². The number of nitrogens with one attached hydrogen (secondary N) is 1. The summed E-state index contributed by atoms with van der Waals surface area (Å²) >= 11 is 3.41. The molecule has 0 fully saturated rings. The molecule has 0 aliphatic heterocycles. The normalized spacial score (nSPS) is 12.6.